The van der Waals surface area contributed by atoms with E-state index in [4.69, 9.17) is 0 Å². The molecule has 2 unspecified atom stereocenters. The first-order chi connectivity index (χ1) is 19.3. The minimum Gasteiger partial charge on any atom is -0.391 e. The molecule has 1 aliphatic rings. The molecule has 4 rings (SSSR count). The minimum atomic E-state index is -1.00. The zero-order valence-corrected chi connectivity index (χ0v) is 26.0. The number of amides is 3. The Balaban J connectivity index is 1.48. The van der Waals surface area contributed by atoms with Crippen LogP contribution in [0.3, 0.4) is 0 Å². The third-order valence-corrected chi connectivity index (χ3v) is 8.80. The Labute approximate surface area is 251 Å². The number of rotatable bonds is 7. The van der Waals surface area contributed by atoms with Crippen molar-refractivity contribution in [3.8, 4) is 10.4 Å². The molecule has 0 saturated carbocycles. The summed E-state index contributed by atoms with van der Waals surface area (Å²) in [5, 5.41) is 16.2. The fraction of sp³-hybridized carbons (Fsp3) is 0.400. The van der Waals surface area contributed by atoms with E-state index in [1.165, 1.54) is 23.1 Å². The Kier molecular flexibility index (Phi) is 9.30. The van der Waals surface area contributed by atoms with Gasteiger partial charge in [-0.15, -0.1) is 11.3 Å². The van der Waals surface area contributed by atoms with Gasteiger partial charge in [0.15, 0.2) is 0 Å². The smallest absolute Gasteiger partial charge is 0.251 e. The number of halogens is 2. The van der Waals surface area contributed by atoms with Gasteiger partial charge in [0.25, 0.3) is 5.91 Å². The van der Waals surface area contributed by atoms with Crippen LogP contribution in [0.4, 0.5) is 4.39 Å². The van der Waals surface area contributed by atoms with E-state index >= 15 is 0 Å². The fourth-order valence-corrected chi connectivity index (χ4v) is 6.06. The second-order valence-corrected chi connectivity index (χ2v) is 13.1. The molecule has 0 spiro atoms. The van der Waals surface area contributed by atoms with Gasteiger partial charge in [-0.05, 0) is 64.5 Å². The number of hydrogen-bond donors (Lipinski definition) is 3. The second-order valence-electron chi connectivity index (χ2n) is 11.4. The van der Waals surface area contributed by atoms with Gasteiger partial charge in [0.2, 0.25) is 11.8 Å². The summed E-state index contributed by atoms with van der Waals surface area (Å²) in [6.45, 7) is 9.20. The van der Waals surface area contributed by atoms with Crippen LogP contribution >= 0.6 is 27.3 Å². The molecule has 1 aliphatic heterocycles. The molecule has 0 radical (unpaired) electrons. The molecule has 0 aliphatic carbocycles. The van der Waals surface area contributed by atoms with E-state index < -0.39 is 41.2 Å². The molecule has 11 heteroatoms. The number of carbonyl (C=O) groups excluding carboxylic acids is 3. The van der Waals surface area contributed by atoms with Crippen LogP contribution in [0.25, 0.3) is 10.4 Å². The van der Waals surface area contributed by atoms with Crippen molar-refractivity contribution in [3.05, 3.63) is 75.1 Å². The van der Waals surface area contributed by atoms with Crippen molar-refractivity contribution in [2.45, 2.75) is 65.3 Å². The van der Waals surface area contributed by atoms with Crippen molar-refractivity contribution >= 4 is 45.0 Å². The molecule has 1 aromatic heterocycles. The van der Waals surface area contributed by atoms with E-state index in [9.17, 15) is 23.9 Å². The van der Waals surface area contributed by atoms with Crippen molar-refractivity contribution in [3.63, 3.8) is 0 Å². The number of benzene rings is 2. The van der Waals surface area contributed by atoms with Crippen LogP contribution in [0.15, 0.2) is 52.4 Å². The normalized spacial score (nSPS) is 18.6. The minimum absolute atomic E-state index is 0.0290. The molecule has 0 bridgehead atoms. The lowest BCUT2D eigenvalue weighted by Crippen LogP contribution is -2.57. The molecule has 41 heavy (non-hydrogen) atoms. The average Bonchev–Trinajstić information content (AvgIpc) is 3.53. The lowest BCUT2D eigenvalue weighted by molar-refractivity contribution is -0.142. The summed E-state index contributed by atoms with van der Waals surface area (Å²) in [6, 6.07) is 9.48. The Morgan fingerprint density at radius 2 is 1.83 bits per heavy atom. The number of thiazole rings is 1. The quantitative estimate of drug-likeness (QED) is 0.335. The Hall–Kier alpha value is -3.15. The standard InChI is InChI=1S/C30H34BrFN4O4S/c1-16(18-6-8-19(9-7-18)25-17(2)33-15-41-25)34-28(39)24-13-21(37)14-36(24)29(40)26(30(3,4)5)35-27(38)20-10-11-23(32)22(31)12-20/h6-12,15-16,21,24,26,37H,13-14H2,1-5H3,(H,34,39)(H,35,38)/t16?,21-,24+,26?/m1/s1. The highest BCUT2D eigenvalue weighted by atomic mass is 79.9. The van der Waals surface area contributed by atoms with Gasteiger partial charge < -0.3 is 20.6 Å². The molecule has 2 heterocycles. The number of aromatic nitrogens is 1. The summed E-state index contributed by atoms with van der Waals surface area (Å²) >= 11 is 4.65. The largest absolute Gasteiger partial charge is 0.391 e. The van der Waals surface area contributed by atoms with E-state index in [0.717, 1.165) is 21.7 Å². The lowest BCUT2D eigenvalue weighted by Gasteiger charge is -2.35. The monoisotopic (exact) mass is 644 g/mol. The SMILES string of the molecule is Cc1ncsc1-c1ccc(C(C)NC(=O)[C@@H]2C[C@@H](O)CN2C(=O)C(NC(=O)c2ccc(F)c(Br)c2)C(C)(C)C)cc1. The molecule has 1 fully saturated rings. The van der Waals surface area contributed by atoms with Crippen molar-refractivity contribution in [2.75, 3.05) is 6.54 Å². The predicted octanol–water partition coefficient (Wildman–Crippen LogP) is 5.00. The van der Waals surface area contributed by atoms with E-state index in [0.29, 0.717) is 0 Å². The van der Waals surface area contributed by atoms with Gasteiger partial charge in [0.1, 0.15) is 17.9 Å². The average molecular weight is 646 g/mol. The van der Waals surface area contributed by atoms with Crippen LogP contribution in [0.5, 0.6) is 0 Å². The topological polar surface area (TPSA) is 112 Å². The summed E-state index contributed by atoms with van der Waals surface area (Å²) in [4.78, 5) is 47.0. The number of nitrogens with zero attached hydrogens (tertiary/aromatic N) is 2. The summed E-state index contributed by atoms with van der Waals surface area (Å²) in [5.41, 5.74) is 4.18. The first-order valence-electron chi connectivity index (χ1n) is 13.3. The first kappa shape index (κ1) is 30.8. The molecule has 4 atom stereocenters. The van der Waals surface area contributed by atoms with E-state index in [2.05, 4.69) is 31.5 Å². The second kappa shape index (κ2) is 12.4. The number of aliphatic hydroxyl groups is 1. The number of aryl methyl sites for hydroxylation is 1. The molecule has 3 aromatic rings. The van der Waals surface area contributed by atoms with Gasteiger partial charge in [-0.2, -0.15) is 0 Å². The fourth-order valence-electron chi connectivity index (χ4n) is 4.87. The number of likely N-dealkylation sites (tertiary alicyclic amines) is 1. The Morgan fingerprint density at radius 1 is 1.15 bits per heavy atom. The predicted molar refractivity (Wildman–Crippen MR) is 160 cm³/mol. The third kappa shape index (κ3) is 7.02. The van der Waals surface area contributed by atoms with Crippen molar-refractivity contribution in [1.29, 1.82) is 0 Å². The van der Waals surface area contributed by atoms with Crippen molar-refractivity contribution in [2.24, 2.45) is 5.41 Å². The van der Waals surface area contributed by atoms with Crippen LogP contribution in [-0.4, -0.2) is 57.4 Å². The van der Waals surface area contributed by atoms with E-state index in [1.807, 2.05) is 43.6 Å². The number of carbonyl (C=O) groups is 3. The summed E-state index contributed by atoms with van der Waals surface area (Å²) < 4.78 is 13.8. The molecule has 8 nitrogen and oxygen atoms in total. The molecule has 1 saturated heterocycles. The van der Waals surface area contributed by atoms with Gasteiger partial charge in [0, 0.05) is 18.5 Å². The molecular weight excluding hydrogens is 611 g/mol. The Bertz CT molecular complexity index is 1440. The van der Waals surface area contributed by atoms with Crippen LogP contribution in [0, 0.1) is 18.2 Å². The van der Waals surface area contributed by atoms with Crippen molar-refractivity contribution < 1.29 is 23.9 Å². The van der Waals surface area contributed by atoms with Gasteiger partial charge in [-0.1, -0.05) is 45.0 Å². The summed E-state index contributed by atoms with van der Waals surface area (Å²) in [7, 11) is 0. The highest BCUT2D eigenvalue weighted by molar-refractivity contribution is 9.10. The van der Waals surface area contributed by atoms with Gasteiger partial charge >= 0.3 is 0 Å². The third-order valence-electron chi connectivity index (χ3n) is 7.21. The van der Waals surface area contributed by atoms with Gasteiger partial charge in [0.05, 0.1) is 32.7 Å². The van der Waals surface area contributed by atoms with E-state index in [-0.39, 0.29) is 35.0 Å². The maximum absolute atomic E-state index is 13.8. The van der Waals surface area contributed by atoms with Gasteiger partial charge in [-0.3, -0.25) is 14.4 Å². The summed E-state index contributed by atoms with van der Waals surface area (Å²) in [6.07, 6.45) is -0.792. The highest BCUT2D eigenvalue weighted by Crippen LogP contribution is 2.30. The van der Waals surface area contributed by atoms with Crippen molar-refractivity contribution in [1.82, 2.24) is 20.5 Å². The van der Waals surface area contributed by atoms with E-state index in [1.54, 1.807) is 32.1 Å². The number of β-amino-alcohol motifs (C(OH)–C–C–N with tert-alkyl or cyclic N) is 1. The van der Waals surface area contributed by atoms with Crippen LogP contribution in [0.1, 0.15) is 61.8 Å². The van der Waals surface area contributed by atoms with Crippen LogP contribution in [-0.2, 0) is 9.59 Å². The molecule has 218 valence electrons. The molecular formula is C30H34BrFN4O4S. The zero-order chi connectivity index (χ0) is 30.1. The molecule has 2 aromatic carbocycles. The number of hydrogen-bond acceptors (Lipinski definition) is 6. The Morgan fingerprint density at radius 3 is 2.41 bits per heavy atom. The number of aliphatic hydroxyl groups excluding tert-OH is 1. The molecule has 3 N–H and O–H groups in total. The molecule has 3 amide bonds. The maximum Gasteiger partial charge on any atom is 0.251 e. The zero-order valence-electron chi connectivity index (χ0n) is 23.6. The summed E-state index contributed by atoms with van der Waals surface area (Å²) in [5.74, 6) is -1.91. The number of nitrogens with one attached hydrogen (secondary N) is 2. The maximum atomic E-state index is 13.8. The lowest BCUT2D eigenvalue weighted by atomic mass is 9.85. The van der Waals surface area contributed by atoms with Crippen LogP contribution < -0.4 is 10.6 Å². The highest BCUT2D eigenvalue weighted by Gasteiger charge is 2.44. The van der Waals surface area contributed by atoms with Gasteiger partial charge in [-0.25, -0.2) is 9.37 Å². The van der Waals surface area contributed by atoms with Crippen LogP contribution in [0.2, 0.25) is 0 Å². The first-order valence-corrected chi connectivity index (χ1v) is 15.0.